The van der Waals surface area contributed by atoms with Crippen molar-refractivity contribution in [2.45, 2.75) is 60.3 Å². The van der Waals surface area contributed by atoms with Gasteiger partial charge in [0.2, 0.25) is 0 Å². The molecule has 16 rings (SSSR count). The summed E-state index contributed by atoms with van der Waals surface area (Å²) in [6.45, 7) is 16.8. The van der Waals surface area contributed by atoms with Crippen LogP contribution in [0.5, 0.6) is 0 Å². The molecule has 1 aliphatic carbocycles. The van der Waals surface area contributed by atoms with Crippen LogP contribution < -0.4 is 20.7 Å². The number of allylic oxidation sites excluding steroid dienone is 3. The number of hydrogen-bond acceptors (Lipinski definition) is 4. The molecule has 3 aliphatic rings. The van der Waals surface area contributed by atoms with E-state index < -0.39 is 0 Å². The Kier molecular flexibility index (Phi) is 10.4. The van der Waals surface area contributed by atoms with Gasteiger partial charge in [0.15, 0.2) is 0 Å². The fraction of sp³-hybridized carbons (Fsp3) is 0.147. The summed E-state index contributed by atoms with van der Waals surface area (Å²) in [6.07, 6.45) is 0.892. The topological polar surface area (TPSA) is 24.6 Å². The Labute approximate surface area is 477 Å². The summed E-state index contributed by atoms with van der Waals surface area (Å²) in [5.74, 6) is 0.238. The van der Waals surface area contributed by atoms with Gasteiger partial charge in [0.1, 0.15) is 11.2 Å². The molecule has 5 heterocycles. The first-order chi connectivity index (χ1) is 39.4. The molecule has 6 heteroatoms. The SMILES string of the molecule is CC1=C2C3=C(CC1C(C)(C)C)N(c1ccc(-c4cccc5c4oc4ccccc45)cc1)c1cc4c(cc1B3c1cc(C(C)(C)C)ccc1N2c1ccc(-c2cccc3sc5ccccc5c23)cc1)c1ccccc1n4-c1ccccc1. The van der Waals surface area contributed by atoms with Crippen LogP contribution in [0.2, 0.25) is 0 Å². The maximum atomic E-state index is 6.64. The van der Waals surface area contributed by atoms with E-state index in [9.17, 15) is 0 Å². The average Bonchev–Trinajstić information content (AvgIpc) is 4.35. The highest BCUT2D eigenvalue weighted by atomic mass is 32.1. The Balaban J connectivity index is 0.966. The lowest BCUT2D eigenvalue weighted by molar-refractivity contribution is 0.272. The first-order valence-electron chi connectivity index (χ1n) is 28.7. The number of aromatic nitrogens is 1. The van der Waals surface area contributed by atoms with Crippen molar-refractivity contribution in [3.63, 3.8) is 0 Å². The first-order valence-corrected chi connectivity index (χ1v) is 29.5. The summed E-state index contributed by atoms with van der Waals surface area (Å²) >= 11 is 1.88. The molecule has 3 aromatic heterocycles. The number of anilines is 4. The Morgan fingerprint density at radius 2 is 1.12 bits per heavy atom. The second-order valence-electron chi connectivity index (χ2n) is 24.9. The molecule has 0 saturated carbocycles. The van der Waals surface area contributed by atoms with Crippen molar-refractivity contribution in [1.82, 2.24) is 4.57 Å². The minimum atomic E-state index is -0.0769. The lowest BCUT2D eigenvalue weighted by Crippen LogP contribution is -2.58. The van der Waals surface area contributed by atoms with Gasteiger partial charge in [-0.3, -0.25) is 0 Å². The van der Waals surface area contributed by atoms with Gasteiger partial charge in [-0.1, -0.05) is 187 Å². The van der Waals surface area contributed by atoms with E-state index in [1.807, 2.05) is 11.3 Å². The van der Waals surface area contributed by atoms with Crippen LogP contribution in [0.3, 0.4) is 0 Å². The number of para-hydroxylation sites is 4. The van der Waals surface area contributed by atoms with Gasteiger partial charge in [-0.25, -0.2) is 0 Å². The van der Waals surface area contributed by atoms with E-state index in [0.717, 1.165) is 50.9 Å². The molecule has 390 valence electrons. The van der Waals surface area contributed by atoms with Gasteiger partial charge >= 0.3 is 0 Å². The number of thiophene rings is 1. The van der Waals surface area contributed by atoms with E-state index in [0.29, 0.717) is 0 Å². The highest BCUT2D eigenvalue weighted by Gasteiger charge is 2.50. The largest absolute Gasteiger partial charge is 0.455 e. The summed E-state index contributed by atoms with van der Waals surface area (Å²) in [5.41, 5.74) is 24.3. The van der Waals surface area contributed by atoms with Crippen LogP contribution >= 0.6 is 11.3 Å². The van der Waals surface area contributed by atoms with Gasteiger partial charge in [0.25, 0.3) is 6.71 Å². The van der Waals surface area contributed by atoms with Crippen LogP contribution in [-0.2, 0) is 5.41 Å². The number of fused-ring (bicyclic) bond motifs is 13. The van der Waals surface area contributed by atoms with Crippen LogP contribution in [0.4, 0.5) is 22.7 Å². The van der Waals surface area contributed by atoms with E-state index in [1.54, 1.807) is 0 Å². The highest BCUT2D eigenvalue weighted by molar-refractivity contribution is 7.26. The Morgan fingerprint density at radius 3 is 1.89 bits per heavy atom. The van der Waals surface area contributed by atoms with Crippen LogP contribution in [0.1, 0.15) is 60.5 Å². The molecule has 81 heavy (non-hydrogen) atoms. The van der Waals surface area contributed by atoms with E-state index in [1.165, 1.54) is 109 Å². The molecule has 0 N–H and O–H groups in total. The zero-order chi connectivity index (χ0) is 54.6. The molecule has 0 saturated heterocycles. The molecule has 0 fully saturated rings. The predicted molar refractivity (Wildman–Crippen MR) is 346 cm³/mol. The van der Waals surface area contributed by atoms with Crippen molar-refractivity contribution in [3.8, 4) is 27.9 Å². The van der Waals surface area contributed by atoms with Crippen LogP contribution in [0.25, 0.3) is 91.9 Å². The van der Waals surface area contributed by atoms with Crippen LogP contribution in [0.15, 0.2) is 245 Å². The van der Waals surface area contributed by atoms with E-state index in [2.05, 4.69) is 281 Å². The second-order valence-corrected chi connectivity index (χ2v) is 26.0. The fourth-order valence-corrected chi connectivity index (χ4v) is 15.5. The smallest absolute Gasteiger partial charge is 0.251 e. The predicted octanol–water partition coefficient (Wildman–Crippen LogP) is 19.7. The molecule has 1 atom stereocenters. The van der Waals surface area contributed by atoms with Gasteiger partial charge in [-0.05, 0) is 147 Å². The third kappa shape index (κ3) is 7.22. The normalized spacial score (nSPS) is 15.5. The molecule has 0 amide bonds. The second kappa shape index (κ2) is 17.6. The van der Waals surface area contributed by atoms with Crippen LogP contribution in [-0.4, -0.2) is 11.3 Å². The minimum absolute atomic E-state index is 0.0392. The lowest BCUT2D eigenvalue weighted by atomic mass is 9.31. The summed E-state index contributed by atoms with van der Waals surface area (Å²) in [6, 6.07) is 82.0. The van der Waals surface area contributed by atoms with E-state index in [-0.39, 0.29) is 23.5 Å². The number of hydrogen-bond donors (Lipinski definition) is 0. The quantitative estimate of drug-likeness (QED) is 0.161. The minimum Gasteiger partial charge on any atom is -0.455 e. The van der Waals surface area contributed by atoms with Crippen LogP contribution in [0, 0.1) is 11.3 Å². The number of rotatable bonds is 5. The third-order valence-corrected chi connectivity index (χ3v) is 19.3. The van der Waals surface area contributed by atoms with E-state index in [4.69, 9.17) is 4.42 Å². The number of furan rings is 1. The molecule has 0 radical (unpaired) electrons. The fourth-order valence-electron chi connectivity index (χ4n) is 14.4. The van der Waals surface area contributed by atoms with Gasteiger partial charge in [0.05, 0.1) is 11.0 Å². The van der Waals surface area contributed by atoms with Gasteiger partial charge in [0, 0.05) is 87.1 Å². The standard InChI is InChI=1S/C75H60BN3OS/c1-45-59(75(5,6)7)43-66-71-72(45)79(51-38-31-46(32-39-51)52-24-18-30-69-70(52)57-23-13-16-29-68(57)81-69)63-40-35-48(74(2,3)4)41-60(63)76(71)61-42-58-54-21-11-14-27-62(54)77(49-19-9-8-10-20-49)64(58)44-65(61)78(66)50-36-33-47(34-37-50)53-25-17-26-56-55-22-12-15-28-67(55)80-73(53)56/h8-42,44,59H,43H2,1-7H3. The molecule has 0 bridgehead atoms. The Hall–Kier alpha value is -8.84. The third-order valence-electron chi connectivity index (χ3n) is 18.2. The van der Waals surface area contributed by atoms with Crippen molar-refractivity contribution in [3.05, 3.63) is 246 Å². The summed E-state index contributed by atoms with van der Waals surface area (Å²) in [4.78, 5) is 5.33. The van der Waals surface area contributed by atoms with Crippen molar-refractivity contribution in [2.75, 3.05) is 9.80 Å². The first kappa shape index (κ1) is 48.1. The summed E-state index contributed by atoms with van der Waals surface area (Å²) < 4.78 is 11.8. The highest BCUT2D eigenvalue weighted by Crippen LogP contribution is 2.55. The number of nitrogens with zero attached hydrogens (tertiary/aromatic N) is 3. The summed E-state index contributed by atoms with van der Waals surface area (Å²) in [5, 5.41) is 7.45. The average molecular weight is 1060 g/mol. The van der Waals surface area contributed by atoms with Crippen molar-refractivity contribution >= 4 is 116 Å². The monoisotopic (exact) mass is 1060 g/mol. The molecule has 2 aliphatic heterocycles. The summed E-state index contributed by atoms with van der Waals surface area (Å²) in [7, 11) is 0. The maximum absolute atomic E-state index is 6.64. The Bertz CT molecular complexity index is 4830. The van der Waals surface area contributed by atoms with Crippen molar-refractivity contribution < 1.29 is 4.42 Å². The van der Waals surface area contributed by atoms with Gasteiger partial charge < -0.3 is 18.8 Å². The molecular weight excluding hydrogens is 1000 g/mol. The maximum Gasteiger partial charge on any atom is 0.251 e. The molecule has 4 nitrogen and oxygen atoms in total. The number of benzene rings is 10. The van der Waals surface area contributed by atoms with E-state index >= 15 is 0 Å². The molecular formula is C75H60BN3OS. The molecule has 10 aromatic carbocycles. The lowest BCUT2D eigenvalue weighted by Gasteiger charge is -2.51. The molecule has 13 aromatic rings. The van der Waals surface area contributed by atoms with Gasteiger partial charge in [-0.15, -0.1) is 11.3 Å². The van der Waals surface area contributed by atoms with Crippen molar-refractivity contribution in [1.29, 1.82) is 0 Å². The molecule has 1 unspecified atom stereocenters. The Morgan fingerprint density at radius 1 is 0.494 bits per heavy atom. The zero-order valence-corrected chi connectivity index (χ0v) is 47.6. The molecule has 0 spiro atoms. The zero-order valence-electron chi connectivity index (χ0n) is 46.8. The van der Waals surface area contributed by atoms with Gasteiger partial charge in [-0.2, -0.15) is 0 Å². The van der Waals surface area contributed by atoms with Crippen molar-refractivity contribution in [2.24, 2.45) is 11.3 Å².